The van der Waals surface area contributed by atoms with E-state index < -0.39 is 36.3 Å². The van der Waals surface area contributed by atoms with Crippen molar-refractivity contribution in [3.05, 3.63) is 65.7 Å². The van der Waals surface area contributed by atoms with E-state index in [1.165, 1.54) is 0 Å². The molecule has 170 valence electrons. The summed E-state index contributed by atoms with van der Waals surface area (Å²) < 4.78 is 70.8. The first-order valence-electron chi connectivity index (χ1n) is 9.04. The van der Waals surface area contributed by atoms with E-state index in [-0.39, 0.29) is 25.1 Å². The van der Waals surface area contributed by atoms with Crippen LogP contribution in [0.25, 0.3) is 0 Å². The lowest BCUT2D eigenvalue weighted by atomic mass is 10.0. The summed E-state index contributed by atoms with van der Waals surface area (Å²) in [6.45, 7) is 0.0184. The average molecular weight is 449 g/mol. The molecule has 11 heteroatoms. The standard InChI is InChI=1S/C20H20F5NO5/c21-19(22,23)20(24,25)31-15-8-6-14(7-9-15)17(28)16(27)10-11-26-18(29)30-12-13-4-2-1-3-5-13/h1-9,16-17,27-28H,10-12H2,(H,26,29). The van der Waals surface area contributed by atoms with Crippen LogP contribution >= 0.6 is 0 Å². The Morgan fingerprint density at radius 1 is 0.968 bits per heavy atom. The number of aliphatic hydroxyl groups is 2. The molecule has 2 aromatic carbocycles. The first kappa shape index (κ1) is 24.4. The van der Waals surface area contributed by atoms with Gasteiger partial charge in [-0.15, -0.1) is 0 Å². The minimum absolute atomic E-state index is 0.0369. The summed E-state index contributed by atoms with van der Waals surface area (Å²) >= 11 is 0. The minimum Gasteiger partial charge on any atom is -0.445 e. The number of carbonyl (C=O) groups is 1. The van der Waals surface area contributed by atoms with E-state index in [2.05, 4.69) is 10.1 Å². The molecule has 0 aliphatic rings. The first-order valence-corrected chi connectivity index (χ1v) is 9.04. The summed E-state index contributed by atoms with van der Waals surface area (Å²) in [5.41, 5.74) is 0.843. The second-order valence-electron chi connectivity index (χ2n) is 6.48. The van der Waals surface area contributed by atoms with Crippen molar-refractivity contribution in [1.82, 2.24) is 5.32 Å². The molecule has 0 fully saturated rings. The molecule has 0 heterocycles. The predicted octanol–water partition coefficient (Wildman–Crippen LogP) is 3.93. The number of amides is 1. The van der Waals surface area contributed by atoms with Gasteiger partial charge in [0, 0.05) is 6.54 Å². The highest BCUT2D eigenvalue weighted by molar-refractivity contribution is 5.67. The Labute approximate surface area is 174 Å². The van der Waals surface area contributed by atoms with Crippen LogP contribution in [0.4, 0.5) is 26.7 Å². The normalized spacial score (nSPS) is 13.9. The zero-order valence-electron chi connectivity index (χ0n) is 16.0. The number of benzene rings is 2. The fraction of sp³-hybridized carbons (Fsp3) is 0.350. The smallest absolute Gasteiger partial charge is 0.445 e. The highest BCUT2D eigenvalue weighted by Gasteiger charge is 2.61. The minimum atomic E-state index is -5.88. The summed E-state index contributed by atoms with van der Waals surface area (Å²) in [7, 11) is 0. The summed E-state index contributed by atoms with van der Waals surface area (Å²) in [5.74, 6) is -0.768. The van der Waals surface area contributed by atoms with Gasteiger partial charge in [0.15, 0.2) is 0 Å². The number of halogens is 5. The van der Waals surface area contributed by atoms with Gasteiger partial charge in [-0.25, -0.2) is 4.79 Å². The fourth-order valence-electron chi connectivity index (χ4n) is 2.42. The third-order valence-electron chi connectivity index (χ3n) is 4.08. The van der Waals surface area contributed by atoms with Crippen LogP contribution in [-0.4, -0.2) is 41.2 Å². The Morgan fingerprint density at radius 3 is 2.16 bits per heavy atom. The van der Waals surface area contributed by atoms with E-state index in [0.29, 0.717) is 0 Å². The molecular formula is C20H20F5NO5. The van der Waals surface area contributed by atoms with Gasteiger partial charge in [0.05, 0.1) is 6.10 Å². The maximum absolute atomic E-state index is 12.9. The molecule has 0 aliphatic heterocycles. The van der Waals surface area contributed by atoms with E-state index in [0.717, 1.165) is 29.8 Å². The van der Waals surface area contributed by atoms with Crippen molar-refractivity contribution in [3.63, 3.8) is 0 Å². The van der Waals surface area contributed by atoms with Gasteiger partial charge in [-0.1, -0.05) is 42.5 Å². The largest absolute Gasteiger partial charge is 0.499 e. The van der Waals surface area contributed by atoms with Crippen molar-refractivity contribution in [2.24, 2.45) is 0 Å². The number of carbonyl (C=O) groups excluding carboxylic acids is 1. The van der Waals surface area contributed by atoms with Crippen molar-refractivity contribution >= 4 is 6.09 Å². The number of ether oxygens (including phenoxy) is 2. The molecule has 6 nitrogen and oxygen atoms in total. The molecule has 2 aromatic rings. The molecular weight excluding hydrogens is 429 g/mol. The lowest BCUT2D eigenvalue weighted by Crippen LogP contribution is -2.41. The molecule has 0 bridgehead atoms. The van der Waals surface area contributed by atoms with Crippen LogP contribution in [-0.2, 0) is 11.3 Å². The Morgan fingerprint density at radius 2 is 1.58 bits per heavy atom. The number of aliphatic hydroxyl groups excluding tert-OH is 2. The molecule has 2 rings (SSSR count). The molecule has 0 saturated heterocycles. The van der Waals surface area contributed by atoms with Crippen LogP contribution in [0.15, 0.2) is 54.6 Å². The van der Waals surface area contributed by atoms with E-state index in [4.69, 9.17) is 4.74 Å². The van der Waals surface area contributed by atoms with Crippen LogP contribution in [0.3, 0.4) is 0 Å². The van der Waals surface area contributed by atoms with Crippen molar-refractivity contribution in [1.29, 1.82) is 0 Å². The number of alkyl halides is 5. The molecule has 3 N–H and O–H groups in total. The zero-order chi connectivity index (χ0) is 23.1. The molecule has 2 unspecified atom stereocenters. The lowest BCUT2D eigenvalue weighted by molar-refractivity contribution is -0.360. The predicted molar refractivity (Wildman–Crippen MR) is 98.3 cm³/mol. The van der Waals surface area contributed by atoms with E-state index in [1.54, 1.807) is 24.3 Å². The lowest BCUT2D eigenvalue weighted by Gasteiger charge is -2.21. The van der Waals surface area contributed by atoms with Crippen LogP contribution < -0.4 is 10.1 Å². The highest BCUT2D eigenvalue weighted by atomic mass is 19.4. The zero-order valence-corrected chi connectivity index (χ0v) is 16.0. The third-order valence-corrected chi connectivity index (χ3v) is 4.08. The van der Waals surface area contributed by atoms with Gasteiger partial charge in [-0.3, -0.25) is 0 Å². The maximum atomic E-state index is 12.9. The monoisotopic (exact) mass is 449 g/mol. The molecule has 31 heavy (non-hydrogen) atoms. The number of nitrogens with one attached hydrogen (secondary N) is 1. The molecule has 0 radical (unpaired) electrons. The molecule has 1 amide bonds. The van der Waals surface area contributed by atoms with Crippen molar-refractivity contribution in [2.45, 2.75) is 37.5 Å². The first-order chi connectivity index (χ1) is 14.5. The van der Waals surface area contributed by atoms with Gasteiger partial charge >= 0.3 is 18.4 Å². The van der Waals surface area contributed by atoms with Gasteiger partial charge < -0.3 is 25.0 Å². The molecule has 2 atom stereocenters. The Hall–Kier alpha value is -2.92. The van der Waals surface area contributed by atoms with Crippen LogP contribution in [0.1, 0.15) is 23.7 Å². The van der Waals surface area contributed by atoms with Gasteiger partial charge in [-0.2, -0.15) is 22.0 Å². The van der Waals surface area contributed by atoms with Gasteiger partial charge in [0.25, 0.3) is 0 Å². The van der Waals surface area contributed by atoms with Crippen LogP contribution in [0.5, 0.6) is 5.75 Å². The fourth-order valence-corrected chi connectivity index (χ4v) is 2.42. The average Bonchev–Trinajstić information content (AvgIpc) is 2.72. The molecule has 0 spiro atoms. The number of alkyl carbamates (subject to hydrolysis) is 1. The van der Waals surface area contributed by atoms with E-state index in [9.17, 15) is 37.0 Å². The maximum Gasteiger partial charge on any atom is 0.499 e. The van der Waals surface area contributed by atoms with E-state index in [1.807, 2.05) is 6.07 Å². The van der Waals surface area contributed by atoms with Gasteiger partial charge in [0.1, 0.15) is 18.5 Å². The number of hydrogen-bond acceptors (Lipinski definition) is 5. The third kappa shape index (κ3) is 7.37. The summed E-state index contributed by atoms with van der Waals surface area (Å²) in [5, 5.41) is 22.5. The summed E-state index contributed by atoms with van der Waals surface area (Å²) in [6, 6.07) is 12.6. The van der Waals surface area contributed by atoms with Crippen LogP contribution in [0, 0.1) is 0 Å². The van der Waals surface area contributed by atoms with Crippen LogP contribution in [0.2, 0.25) is 0 Å². The van der Waals surface area contributed by atoms with Gasteiger partial charge in [0.2, 0.25) is 0 Å². The number of rotatable bonds is 9. The molecule has 0 aliphatic carbocycles. The molecule has 0 saturated carbocycles. The Bertz CT molecular complexity index is 830. The van der Waals surface area contributed by atoms with Crippen molar-refractivity contribution in [3.8, 4) is 5.75 Å². The second kappa shape index (κ2) is 10.4. The molecule has 0 aromatic heterocycles. The van der Waals surface area contributed by atoms with Crippen molar-refractivity contribution in [2.75, 3.05) is 6.54 Å². The summed E-state index contributed by atoms with van der Waals surface area (Å²) in [4.78, 5) is 11.6. The summed E-state index contributed by atoms with van der Waals surface area (Å²) in [6.07, 6.45) is -14.9. The Balaban J connectivity index is 1.78. The number of hydrogen-bond donors (Lipinski definition) is 3. The second-order valence-corrected chi connectivity index (χ2v) is 6.48. The topological polar surface area (TPSA) is 88.0 Å². The quantitative estimate of drug-likeness (QED) is 0.505. The highest BCUT2D eigenvalue weighted by Crippen LogP contribution is 2.37. The SMILES string of the molecule is O=C(NCCC(O)C(O)c1ccc(OC(F)(F)C(F)(F)F)cc1)OCc1ccccc1. The van der Waals surface area contributed by atoms with Crippen molar-refractivity contribution < 1.29 is 46.4 Å². The Kier molecular flexibility index (Phi) is 8.17. The van der Waals surface area contributed by atoms with E-state index >= 15 is 0 Å². The van der Waals surface area contributed by atoms with Gasteiger partial charge in [-0.05, 0) is 29.7 Å².